The number of fused-ring (bicyclic) bond motifs is 3. The molecule has 1 fully saturated rings. The van der Waals surface area contributed by atoms with Crippen molar-refractivity contribution in [2.45, 2.75) is 25.4 Å². The molecule has 1 aliphatic rings. The molecule has 1 aromatic heterocycles. The molecule has 0 bridgehead atoms. The van der Waals surface area contributed by atoms with Crippen LogP contribution in [0.4, 0.5) is 0 Å². The number of rotatable bonds is 2. The van der Waals surface area contributed by atoms with Crippen molar-refractivity contribution in [2.75, 3.05) is 0 Å². The van der Waals surface area contributed by atoms with Crippen LogP contribution in [0.15, 0.2) is 35.1 Å². The SMILES string of the molecule is Cn1c(=O)n(C2CCC(=O)NC2=O)c2ccc3ccc(CN)cc3c21. The Hall–Kier alpha value is -2.93. The number of carbonyl (C=O) groups excluding carboxylic acids is 2. The van der Waals surface area contributed by atoms with Crippen LogP contribution in [0.1, 0.15) is 24.4 Å². The lowest BCUT2D eigenvalue weighted by Gasteiger charge is -2.21. The van der Waals surface area contributed by atoms with Gasteiger partial charge in [-0.15, -0.1) is 0 Å². The van der Waals surface area contributed by atoms with Crippen molar-refractivity contribution in [1.29, 1.82) is 0 Å². The van der Waals surface area contributed by atoms with Gasteiger partial charge in [0.1, 0.15) is 6.04 Å². The fourth-order valence-electron chi connectivity index (χ4n) is 3.60. The van der Waals surface area contributed by atoms with Crippen LogP contribution < -0.4 is 16.7 Å². The Bertz CT molecular complexity index is 1090. The summed E-state index contributed by atoms with van der Waals surface area (Å²) in [5.41, 5.74) is 7.90. The van der Waals surface area contributed by atoms with E-state index in [1.165, 1.54) is 4.57 Å². The first-order valence-corrected chi connectivity index (χ1v) is 8.17. The molecule has 1 aliphatic heterocycles. The number of nitrogens with zero attached hydrogens (tertiary/aromatic N) is 2. The summed E-state index contributed by atoms with van der Waals surface area (Å²) in [5, 5.41) is 4.24. The first-order chi connectivity index (χ1) is 12.0. The zero-order valence-corrected chi connectivity index (χ0v) is 13.8. The average Bonchev–Trinajstić information content (AvgIpc) is 2.86. The van der Waals surface area contributed by atoms with Crippen LogP contribution in [0.25, 0.3) is 21.8 Å². The third-order valence-corrected chi connectivity index (χ3v) is 4.88. The Morgan fingerprint density at radius 1 is 1.20 bits per heavy atom. The summed E-state index contributed by atoms with van der Waals surface area (Å²) in [6.07, 6.45) is 0.550. The molecule has 1 saturated heterocycles. The fraction of sp³-hybridized carbons (Fsp3) is 0.278. The molecule has 0 aliphatic carbocycles. The fourth-order valence-corrected chi connectivity index (χ4v) is 3.60. The van der Waals surface area contributed by atoms with E-state index >= 15 is 0 Å². The number of imidazole rings is 1. The summed E-state index contributed by atoms with van der Waals surface area (Å²) >= 11 is 0. The number of piperidine rings is 1. The molecular formula is C18H18N4O3. The van der Waals surface area contributed by atoms with Gasteiger partial charge >= 0.3 is 5.69 Å². The van der Waals surface area contributed by atoms with Crippen LogP contribution in [0.3, 0.4) is 0 Å². The lowest BCUT2D eigenvalue weighted by Crippen LogP contribution is -2.44. The van der Waals surface area contributed by atoms with Gasteiger partial charge in [-0.25, -0.2) is 4.79 Å². The van der Waals surface area contributed by atoms with Crippen molar-refractivity contribution >= 4 is 33.6 Å². The van der Waals surface area contributed by atoms with Crippen molar-refractivity contribution in [1.82, 2.24) is 14.5 Å². The second-order valence-electron chi connectivity index (χ2n) is 6.37. The molecule has 4 rings (SSSR count). The molecule has 0 radical (unpaired) electrons. The maximum atomic E-state index is 12.8. The minimum Gasteiger partial charge on any atom is -0.326 e. The van der Waals surface area contributed by atoms with Crippen LogP contribution in [0, 0.1) is 0 Å². The maximum Gasteiger partial charge on any atom is 0.329 e. The number of nitrogens with two attached hydrogens (primary N) is 1. The van der Waals surface area contributed by atoms with E-state index < -0.39 is 11.9 Å². The molecule has 3 N–H and O–H groups in total. The van der Waals surface area contributed by atoms with Gasteiger partial charge in [-0.3, -0.25) is 24.0 Å². The molecule has 1 unspecified atom stereocenters. The Morgan fingerprint density at radius 3 is 2.68 bits per heavy atom. The van der Waals surface area contributed by atoms with Crippen molar-refractivity contribution in [2.24, 2.45) is 12.8 Å². The van der Waals surface area contributed by atoms with E-state index in [0.717, 1.165) is 21.9 Å². The number of imide groups is 1. The largest absolute Gasteiger partial charge is 0.329 e. The monoisotopic (exact) mass is 338 g/mol. The summed E-state index contributed by atoms with van der Waals surface area (Å²) in [6, 6.07) is 9.02. The number of nitrogens with one attached hydrogen (secondary N) is 1. The van der Waals surface area contributed by atoms with Gasteiger partial charge in [-0.1, -0.05) is 18.2 Å². The number of amides is 2. The molecular weight excluding hydrogens is 320 g/mol. The molecule has 2 heterocycles. The molecule has 128 valence electrons. The van der Waals surface area contributed by atoms with Crippen molar-refractivity contribution in [3.63, 3.8) is 0 Å². The lowest BCUT2D eigenvalue weighted by molar-refractivity contribution is -0.135. The third-order valence-electron chi connectivity index (χ3n) is 4.88. The molecule has 7 heteroatoms. The van der Waals surface area contributed by atoms with E-state index in [0.29, 0.717) is 18.5 Å². The van der Waals surface area contributed by atoms with Crippen LogP contribution in [0.5, 0.6) is 0 Å². The highest BCUT2D eigenvalue weighted by Gasteiger charge is 2.31. The second kappa shape index (κ2) is 5.56. The zero-order chi connectivity index (χ0) is 17.7. The van der Waals surface area contributed by atoms with Crippen LogP contribution in [-0.4, -0.2) is 20.9 Å². The lowest BCUT2D eigenvalue weighted by atomic mass is 10.0. The summed E-state index contributed by atoms with van der Waals surface area (Å²) in [7, 11) is 1.70. The van der Waals surface area contributed by atoms with Gasteiger partial charge in [0.25, 0.3) is 0 Å². The number of benzene rings is 2. The van der Waals surface area contributed by atoms with Gasteiger partial charge in [0.15, 0.2) is 0 Å². The number of hydrogen-bond acceptors (Lipinski definition) is 4. The van der Waals surface area contributed by atoms with Crippen LogP contribution >= 0.6 is 0 Å². The van der Waals surface area contributed by atoms with Gasteiger partial charge in [-0.2, -0.15) is 0 Å². The number of aromatic nitrogens is 2. The van der Waals surface area contributed by atoms with Crippen LogP contribution in [0.2, 0.25) is 0 Å². The van der Waals surface area contributed by atoms with Crippen LogP contribution in [-0.2, 0) is 23.2 Å². The summed E-state index contributed by atoms with van der Waals surface area (Å²) in [6.45, 7) is 0.411. The minimum absolute atomic E-state index is 0.226. The van der Waals surface area contributed by atoms with E-state index in [9.17, 15) is 14.4 Å². The Kier molecular flexibility index (Phi) is 3.47. The normalized spacial score (nSPS) is 18.1. The van der Waals surface area contributed by atoms with E-state index in [1.54, 1.807) is 11.6 Å². The topological polar surface area (TPSA) is 99.1 Å². The highest BCUT2D eigenvalue weighted by molar-refractivity contribution is 6.06. The van der Waals surface area contributed by atoms with Gasteiger partial charge in [-0.05, 0) is 29.5 Å². The summed E-state index contributed by atoms with van der Waals surface area (Å²) < 4.78 is 3.05. The predicted octanol–water partition coefficient (Wildman–Crippen LogP) is 0.930. The molecule has 0 spiro atoms. The molecule has 1 atom stereocenters. The third kappa shape index (κ3) is 2.27. The van der Waals surface area contributed by atoms with Crippen molar-refractivity contribution < 1.29 is 9.59 Å². The minimum atomic E-state index is -0.677. The first-order valence-electron chi connectivity index (χ1n) is 8.17. The quantitative estimate of drug-likeness (QED) is 0.679. The van der Waals surface area contributed by atoms with Gasteiger partial charge < -0.3 is 5.73 Å². The molecule has 25 heavy (non-hydrogen) atoms. The van der Waals surface area contributed by atoms with E-state index in [4.69, 9.17) is 5.73 Å². The molecule has 7 nitrogen and oxygen atoms in total. The summed E-state index contributed by atoms with van der Waals surface area (Å²) in [4.78, 5) is 36.5. The van der Waals surface area contributed by atoms with E-state index in [-0.39, 0.29) is 18.0 Å². The Balaban J connectivity index is 2.02. The highest BCUT2D eigenvalue weighted by atomic mass is 16.2. The smallest absolute Gasteiger partial charge is 0.326 e. The zero-order valence-electron chi connectivity index (χ0n) is 13.8. The Morgan fingerprint density at radius 2 is 1.96 bits per heavy atom. The standard InChI is InChI=1S/C18H18N4O3/c1-21-16-12-8-10(9-19)2-3-11(12)4-5-13(16)22(18(21)25)14-6-7-15(23)20-17(14)24/h2-5,8,14H,6-7,9,19H2,1H3,(H,20,23,24). The first kappa shape index (κ1) is 15.6. The average molecular weight is 338 g/mol. The molecule has 2 aromatic carbocycles. The number of hydrogen-bond donors (Lipinski definition) is 2. The van der Waals surface area contributed by atoms with E-state index in [1.807, 2.05) is 30.3 Å². The van der Waals surface area contributed by atoms with Crippen molar-refractivity contribution in [3.8, 4) is 0 Å². The molecule has 3 aromatic rings. The van der Waals surface area contributed by atoms with Gasteiger partial charge in [0.05, 0.1) is 11.0 Å². The maximum absolute atomic E-state index is 12.8. The summed E-state index contributed by atoms with van der Waals surface area (Å²) in [5.74, 6) is -0.728. The van der Waals surface area contributed by atoms with Gasteiger partial charge in [0.2, 0.25) is 11.8 Å². The molecule has 0 saturated carbocycles. The Labute approximate surface area is 143 Å². The highest BCUT2D eigenvalue weighted by Crippen LogP contribution is 2.29. The predicted molar refractivity (Wildman–Crippen MR) is 94.0 cm³/mol. The van der Waals surface area contributed by atoms with E-state index in [2.05, 4.69) is 5.32 Å². The van der Waals surface area contributed by atoms with Gasteiger partial charge in [0, 0.05) is 25.4 Å². The van der Waals surface area contributed by atoms with Crippen molar-refractivity contribution in [3.05, 3.63) is 46.4 Å². The second-order valence-corrected chi connectivity index (χ2v) is 6.37. The molecule has 2 amide bonds. The number of aryl methyl sites for hydroxylation is 1. The number of carbonyl (C=O) groups is 2.